The Morgan fingerprint density at radius 1 is 1.11 bits per heavy atom. The van der Waals surface area contributed by atoms with Crippen LogP contribution >= 0.6 is 0 Å². The lowest BCUT2D eigenvalue weighted by atomic mass is 10.0. The summed E-state index contributed by atoms with van der Waals surface area (Å²) in [5, 5.41) is 8.45. The van der Waals surface area contributed by atoms with Gasteiger partial charge < -0.3 is 5.32 Å². The maximum Gasteiger partial charge on any atom is 0.264 e. The van der Waals surface area contributed by atoms with Crippen molar-refractivity contribution in [3.8, 4) is 17.5 Å². The first-order chi connectivity index (χ1) is 17.5. The maximum atomic E-state index is 13.9. The molecular weight excluding hydrogens is 454 g/mol. The van der Waals surface area contributed by atoms with E-state index in [9.17, 15) is 14.4 Å². The standard InChI is InChI=1S/C28H21N5O3/c1-18(30-27(35)24-19(2)31-32-15-8-14-29-26(24)32)23-17-21-10-6-9-20(11-7-16-34)25(21)28(36)33(23)22-12-4-3-5-13-22/h3-6,8-10,12-18H,1-2H3,(H,30,35). The highest BCUT2D eigenvalue weighted by atomic mass is 16.2. The zero-order chi connectivity index (χ0) is 25.2. The molecule has 1 atom stereocenters. The predicted octanol–water partition coefficient (Wildman–Crippen LogP) is 3.38. The lowest BCUT2D eigenvalue weighted by molar-refractivity contribution is -0.103. The summed E-state index contributed by atoms with van der Waals surface area (Å²) >= 11 is 0. The van der Waals surface area contributed by atoms with Gasteiger partial charge in [0.25, 0.3) is 11.5 Å². The third kappa shape index (κ3) is 3.93. The second-order valence-electron chi connectivity index (χ2n) is 8.25. The number of pyridine rings is 1. The predicted molar refractivity (Wildman–Crippen MR) is 136 cm³/mol. The summed E-state index contributed by atoms with van der Waals surface area (Å²) < 4.78 is 3.13. The van der Waals surface area contributed by atoms with Gasteiger partial charge in [-0.15, -0.1) is 0 Å². The Bertz CT molecular complexity index is 1760. The summed E-state index contributed by atoms with van der Waals surface area (Å²) in [4.78, 5) is 42.3. The molecule has 0 spiro atoms. The zero-order valence-corrected chi connectivity index (χ0v) is 19.6. The molecule has 1 unspecified atom stereocenters. The Hall–Kier alpha value is -5.03. The molecule has 3 heterocycles. The van der Waals surface area contributed by atoms with Crippen LogP contribution in [0.4, 0.5) is 0 Å². The second kappa shape index (κ2) is 9.31. The summed E-state index contributed by atoms with van der Waals surface area (Å²) in [5.74, 6) is 4.81. The minimum Gasteiger partial charge on any atom is -0.344 e. The topological polar surface area (TPSA) is 98.4 Å². The number of aromatic nitrogens is 4. The smallest absolute Gasteiger partial charge is 0.264 e. The van der Waals surface area contributed by atoms with Gasteiger partial charge in [-0.3, -0.25) is 19.0 Å². The van der Waals surface area contributed by atoms with Gasteiger partial charge >= 0.3 is 0 Å². The summed E-state index contributed by atoms with van der Waals surface area (Å²) in [7, 11) is 0. The van der Waals surface area contributed by atoms with E-state index in [0.717, 1.165) is 0 Å². The van der Waals surface area contributed by atoms with Crippen LogP contribution in [0.15, 0.2) is 77.9 Å². The van der Waals surface area contributed by atoms with Crippen LogP contribution in [0.2, 0.25) is 0 Å². The molecule has 8 nitrogen and oxygen atoms in total. The normalized spacial score (nSPS) is 11.6. The molecule has 0 fully saturated rings. The summed E-state index contributed by atoms with van der Waals surface area (Å²) in [6, 6.07) is 17.6. The van der Waals surface area contributed by atoms with Crippen LogP contribution in [0, 0.1) is 18.8 Å². The van der Waals surface area contributed by atoms with Crippen LogP contribution in [-0.4, -0.2) is 31.4 Å². The molecule has 0 saturated carbocycles. The SMILES string of the molecule is Cc1nn2cccnc2c1C(=O)NC(C)c1cc2cccc(C#CC=O)c2c(=O)n1-c1ccccc1. The number of rotatable bonds is 4. The number of nitrogens with zero attached hydrogens (tertiary/aromatic N) is 4. The molecule has 1 N–H and O–H groups in total. The molecule has 5 aromatic rings. The fourth-order valence-corrected chi connectivity index (χ4v) is 4.36. The molecule has 0 aliphatic rings. The van der Waals surface area contributed by atoms with Crippen molar-refractivity contribution in [2.75, 3.05) is 0 Å². The molecule has 176 valence electrons. The number of para-hydroxylation sites is 1. The molecule has 1 amide bonds. The molecule has 2 aromatic carbocycles. The van der Waals surface area contributed by atoms with E-state index in [1.54, 1.807) is 46.6 Å². The highest BCUT2D eigenvalue weighted by Crippen LogP contribution is 2.24. The van der Waals surface area contributed by atoms with E-state index in [0.29, 0.717) is 50.9 Å². The number of amides is 1. The lowest BCUT2D eigenvalue weighted by Crippen LogP contribution is -2.32. The van der Waals surface area contributed by atoms with Crippen molar-refractivity contribution in [3.05, 3.63) is 106 Å². The van der Waals surface area contributed by atoms with Crippen molar-refractivity contribution in [2.24, 2.45) is 0 Å². The van der Waals surface area contributed by atoms with Crippen molar-refractivity contribution < 1.29 is 9.59 Å². The Balaban J connectivity index is 1.66. The first kappa shape index (κ1) is 22.7. The van der Waals surface area contributed by atoms with Crippen molar-refractivity contribution in [1.29, 1.82) is 0 Å². The third-order valence-electron chi connectivity index (χ3n) is 5.94. The van der Waals surface area contributed by atoms with E-state index < -0.39 is 6.04 Å². The van der Waals surface area contributed by atoms with Crippen LogP contribution in [0.25, 0.3) is 22.1 Å². The highest BCUT2D eigenvalue weighted by molar-refractivity contribution is 6.01. The van der Waals surface area contributed by atoms with E-state index in [-0.39, 0.29) is 11.5 Å². The average Bonchev–Trinajstić information content (AvgIpc) is 3.23. The molecule has 36 heavy (non-hydrogen) atoms. The molecule has 5 rings (SSSR count). The third-order valence-corrected chi connectivity index (χ3v) is 5.94. The number of benzene rings is 2. The molecule has 0 aliphatic carbocycles. The fraction of sp³-hybridized carbons (Fsp3) is 0.107. The zero-order valence-electron chi connectivity index (χ0n) is 19.6. The Labute approximate surface area is 206 Å². The van der Waals surface area contributed by atoms with Crippen LogP contribution in [0.1, 0.15) is 40.3 Å². The minimum absolute atomic E-state index is 0.292. The number of aldehydes is 1. The molecule has 0 aliphatic heterocycles. The second-order valence-corrected chi connectivity index (χ2v) is 8.25. The number of hydrogen-bond acceptors (Lipinski definition) is 5. The summed E-state index contributed by atoms with van der Waals surface area (Å²) in [6.45, 7) is 3.58. The van der Waals surface area contributed by atoms with E-state index >= 15 is 0 Å². The quantitative estimate of drug-likeness (QED) is 0.317. The van der Waals surface area contributed by atoms with Crippen molar-refractivity contribution >= 4 is 28.6 Å². The summed E-state index contributed by atoms with van der Waals surface area (Å²) in [6.07, 6.45) is 3.84. The Kier molecular flexibility index (Phi) is 5.88. The summed E-state index contributed by atoms with van der Waals surface area (Å²) in [5.41, 5.74) is 2.79. The Morgan fingerprint density at radius 3 is 2.69 bits per heavy atom. The van der Waals surface area contributed by atoms with Gasteiger partial charge in [-0.05, 0) is 55.5 Å². The van der Waals surface area contributed by atoms with Gasteiger partial charge in [-0.25, -0.2) is 9.50 Å². The lowest BCUT2D eigenvalue weighted by Gasteiger charge is -2.21. The minimum atomic E-state index is -0.544. The number of aryl methyl sites for hydroxylation is 1. The number of carbonyl (C=O) groups is 2. The molecule has 8 heteroatoms. The maximum absolute atomic E-state index is 13.9. The van der Waals surface area contributed by atoms with Gasteiger partial charge in [-0.1, -0.05) is 36.3 Å². The first-order valence-corrected chi connectivity index (χ1v) is 11.3. The largest absolute Gasteiger partial charge is 0.344 e. The van der Waals surface area contributed by atoms with Gasteiger partial charge in [0.2, 0.25) is 0 Å². The molecular formula is C28H21N5O3. The van der Waals surface area contributed by atoms with Gasteiger partial charge in [0.1, 0.15) is 5.56 Å². The van der Waals surface area contributed by atoms with Gasteiger partial charge in [-0.2, -0.15) is 5.10 Å². The van der Waals surface area contributed by atoms with Crippen LogP contribution < -0.4 is 10.9 Å². The van der Waals surface area contributed by atoms with E-state index in [4.69, 9.17) is 0 Å². The number of fused-ring (bicyclic) bond motifs is 2. The number of carbonyl (C=O) groups excluding carboxylic acids is 2. The number of nitrogens with one attached hydrogen (secondary N) is 1. The van der Waals surface area contributed by atoms with Crippen LogP contribution in [0.3, 0.4) is 0 Å². The van der Waals surface area contributed by atoms with E-state index in [1.807, 2.05) is 49.4 Å². The molecule has 0 saturated heterocycles. The fourth-order valence-electron chi connectivity index (χ4n) is 4.36. The highest BCUT2D eigenvalue weighted by Gasteiger charge is 2.23. The molecule has 0 bridgehead atoms. The first-order valence-electron chi connectivity index (χ1n) is 11.3. The van der Waals surface area contributed by atoms with E-state index in [2.05, 4.69) is 27.2 Å². The molecule has 0 radical (unpaired) electrons. The van der Waals surface area contributed by atoms with Crippen molar-refractivity contribution in [2.45, 2.75) is 19.9 Å². The van der Waals surface area contributed by atoms with Crippen LogP contribution in [0.5, 0.6) is 0 Å². The van der Waals surface area contributed by atoms with Gasteiger partial charge in [0, 0.05) is 29.3 Å². The molecule has 3 aromatic heterocycles. The Morgan fingerprint density at radius 2 is 1.92 bits per heavy atom. The van der Waals surface area contributed by atoms with Crippen molar-refractivity contribution in [3.63, 3.8) is 0 Å². The van der Waals surface area contributed by atoms with Crippen molar-refractivity contribution in [1.82, 2.24) is 24.5 Å². The average molecular weight is 476 g/mol. The monoisotopic (exact) mass is 475 g/mol. The van der Waals surface area contributed by atoms with Crippen LogP contribution in [-0.2, 0) is 4.79 Å². The number of hydrogen-bond donors (Lipinski definition) is 1. The van der Waals surface area contributed by atoms with Gasteiger partial charge in [0.15, 0.2) is 11.9 Å². The van der Waals surface area contributed by atoms with Gasteiger partial charge in [0.05, 0.1) is 17.1 Å². The van der Waals surface area contributed by atoms with E-state index in [1.165, 1.54) is 0 Å².